The molecule has 168 valence electrons. The molecular weight excluding hydrogens is 438 g/mol. The molecule has 0 spiro atoms. The molecule has 0 heterocycles. The maximum atomic E-state index is 12.4. The lowest BCUT2D eigenvalue weighted by Crippen LogP contribution is -2.18. The summed E-state index contributed by atoms with van der Waals surface area (Å²) in [4.78, 5) is 12.4. The maximum Gasteiger partial charge on any atom is 0.349 e. The molecule has 0 aliphatic carbocycles. The second-order valence-corrected chi connectivity index (χ2v) is 7.94. The quantitative estimate of drug-likeness (QED) is 0.178. The van der Waals surface area contributed by atoms with Crippen LogP contribution in [0.2, 0.25) is 5.02 Å². The van der Waals surface area contributed by atoms with Crippen molar-refractivity contribution < 1.29 is 19.0 Å². The first-order valence-corrected chi connectivity index (χ1v) is 10.7. The smallest absolute Gasteiger partial charge is 0.349 e. The van der Waals surface area contributed by atoms with Gasteiger partial charge >= 0.3 is 5.97 Å². The van der Waals surface area contributed by atoms with Crippen LogP contribution in [0, 0.1) is 32.1 Å². The Labute approximate surface area is 198 Å². The molecule has 0 aliphatic rings. The van der Waals surface area contributed by atoms with Gasteiger partial charge in [-0.3, -0.25) is 0 Å². The van der Waals surface area contributed by atoms with E-state index in [0.717, 1.165) is 27.8 Å². The van der Waals surface area contributed by atoms with Crippen LogP contribution in [-0.4, -0.2) is 19.7 Å². The molecule has 0 N–H and O–H groups in total. The molecule has 0 saturated heterocycles. The van der Waals surface area contributed by atoms with Gasteiger partial charge in [-0.2, -0.15) is 5.26 Å². The number of hydrogen-bond donors (Lipinski definition) is 0. The van der Waals surface area contributed by atoms with Crippen LogP contribution in [0.15, 0.2) is 54.6 Å². The molecule has 0 unspecified atom stereocenters. The molecular formula is C27H24ClNO4. The fourth-order valence-electron chi connectivity index (χ4n) is 3.27. The Bertz CT molecular complexity index is 1240. The van der Waals surface area contributed by atoms with Crippen molar-refractivity contribution in [2.24, 2.45) is 0 Å². The zero-order valence-corrected chi connectivity index (χ0v) is 19.7. The highest BCUT2D eigenvalue weighted by molar-refractivity contribution is 6.30. The van der Waals surface area contributed by atoms with Gasteiger partial charge in [0.15, 0.2) is 18.1 Å². The van der Waals surface area contributed by atoms with E-state index in [9.17, 15) is 10.1 Å². The number of esters is 1. The summed E-state index contributed by atoms with van der Waals surface area (Å²) in [6.07, 6.45) is 1.73. The second-order valence-electron chi connectivity index (χ2n) is 7.50. The molecule has 33 heavy (non-hydrogen) atoms. The summed E-state index contributed by atoms with van der Waals surface area (Å²) in [7, 11) is 1.49. The van der Waals surface area contributed by atoms with Crippen molar-refractivity contribution in [2.45, 2.75) is 20.8 Å². The Morgan fingerprint density at radius 2 is 1.70 bits per heavy atom. The van der Waals surface area contributed by atoms with Crippen molar-refractivity contribution in [3.8, 4) is 23.3 Å². The van der Waals surface area contributed by atoms with Gasteiger partial charge < -0.3 is 14.2 Å². The summed E-state index contributed by atoms with van der Waals surface area (Å²) in [6, 6.07) is 18.3. The van der Waals surface area contributed by atoms with Crippen LogP contribution in [0.4, 0.5) is 0 Å². The summed E-state index contributed by atoms with van der Waals surface area (Å²) < 4.78 is 16.6. The van der Waals surface area contributed by atoms with E-state index in [1.807, 2.05) is 32.9 Å². The second kappa shape index (κ2) is 10.7. The molecule has 0 fully saturated rings. The van der Waals surface area contributed by atoms with Gasteiger partial charge in [0.1, 0.15) is 5.75 Å². The van der Waals surface area contributed by atoms with Gasteiger partial charge in [-0.25, -0.2) is 4.79 Å². The standard InChI is InChI=1S/C27H24ClNO4/c1-17-5-6-18(2)27(19(17)3)32-16-26(30)33-24-12-7-20(14-25(24)31-4)13-22(15-29)21-8-10-23(28)11-9-21/h5-14H,16H2,1-4H3/b22-13+. The molecule has 3 aromatic rings. The first-order valence-electron chi connectivity index (χ1n) is 10.3. The van der Waals surface area contributed by atoms with E-state index >= 15 is 0 Å². The minimum atomic E-state index is -0.546. The minimum Gasteiger partial charge on any atom is -0.493 e. The van der Waals surface area contributed by atoms with Crippen LogP contribution in [0.5, 0.6) is 17.2 Å². The van der Waals surface area contributed by atoms with Crippen LogP contribution in [-0.2, 0) is 4.79 Å². The maximum absolute atomic E-state index is 12.4. The topological polar surface area (TPSA) is 68.5 Å². The van der Waals surface area contributed by atoms with E-state index in [1.165, 1.54) is 7.11 Å². The van der Waals surface area contributed by atoms with Crippen LogP contribution >= 0.6 is 11.6 Å². The highest BCUT2D eigenvalue weighted by atomic mass is 35.5. The number of carbonyl (C=O) groups excluding carboxylic acids is 1. The number of nitrogens with zero attached hydrogens (tertiary/aromatic N) is 1. The number of allylic oxidation sites excluding steroid dienone is 1. The summed E-state index contributed by atoms with van der Waals surface area (Å²) in [6.45, 7) is 5.65. The predicted molar refractivity (Wildman–Crippen MR) is 130 cm³/mol. The Hall–Kier alpha value is -3.75. The molecule has 3 aromatic carbocycles. The van der Waals surface area contributed by atoms with Crippen molar-refractivity contribution >= 4 is 29.2 Å². The third kappa shape index (κ3) is 5.94. The molecule has 5 nitrogen and oxygen atoms in total. The highest BCUT2D eigenvalue weighted by Crippen LogP contribution is 2.31. The largest absolute Gasteiger partial charge is 0.493 e. The fourth-order valence-corrected chi connectivity index (χ4v) is 3.39. The SMILES string of the molecule is COc1cc(/C=C(\C#N)c2ccc(Cl)cc2)ccc1OC(=O)COc1c(C)ccc(C)c1C. The van der Waals surface area contributed by atoms with E-state index in [4.69, 9.17) is 25.8 Å². The van der Waals surface area contributed by atoms with Crippen molar-refractivity contribution in [2.75, 3.05) is 13.7 Å². The number of benzene rings is 3. The first kappa shape index (κ1) is 23.9. The van der Waals surface area contributed by atoms with Crippen LogP contribution < -0.4 is 14.2 Å². The van der Waals surface area contributed by atoms with Crippen LogP contribution in [0.1, 0.15) is 27.8 Å². The summed E-state index contributed by atoms with van der Waals surface area (Å²) in [5.41, 5.74) is 4.97. The average Bonchev–Trinajstić information content (AvgIpc) is 2.81. The van der Waals surface area contributed by atoms with Gasteiger partial charge in [-0.05, 0) is 78.9 Å². The number of ether oxygens (including phenoxy) is 3. The van der Waals surface area contributed by atoms with Gasteiger partial charge in [0.25, 0.3) is 0 Å². The van der Waals surface area contributed by atoms with Crippen molar-refractivity contribution in [3.63, 3.8) is 0 Å². The lowest BCUT2D eigenvalue weighted by atomic mass is 10.0. The summed E-state index contributed by atoms with van der Waals surface area (Å²) >= 11 is 5.93. The number of rotatable bonds is 7. The summed E-state index contributed by atoms with van der Waals surface area (Å²) in [5.74, 6) is 0.778. The third-order valence-corrected chi connectivity index (χ3v) is 5.46. The number of hydrogen-bond acceptors (Lipinski definition) is 5. The molecule has 0 aliphatic heterocycles. The predicted octanol–water partition coefficient (Wildman–Crippen LogP) is 6.32. The average molecular weight is 462 g/mol. The zero-order chi connectivity index (χ0) is 24.0. The third-order valence-electron chi connectivity index (χ3n) is 5.21. The van der Waals surface area contributed by atoms with E-state index in [-0.39, 0.29) is 12.4 Å². The van der Waals surface area contributed by atoms with Gasteiger partial charge in [0.05, 0.1) is 18.8 Å². The molecule has 0 saturated carbocycles. The Morgan fingerprint density at radius 3 is 2.36 bits per heavy atom. The van der Waals surface area contributed by atoms with Crippen molar-refractivity contribution in [1.82, 2.24) is 0 Å². The Balaban J connectivity index is 1.74. The molecule has 0 atom stereocenters. The number of halogens is 1. The van der Waals surface area contributed by atoms with Crippen LogP contribution in [0.3, 0.4) is 0 Å². The molecule has 0 amide bonds. The lowest BCUT2D eigenvalue weighted by molar-refractivity contribution is -0.136. The van der Waals surface area contributed by atoms with Crippen molar-refractivity contribution in [1.29, 1.82) is 5.26 Å². The number of aryl methyl sites for hydroxylation is 2. The molecule has 0 radical (unpaired) electrons. The highest BCUT2D eigenvalue weighted by Gasteiger charge is 2.14. The molecule has 0 bridgehead atoms. The van der Waals surface area contributed by atoms with Gasteiger partial charge in [0.2, 0.25) is 0 Å². The van der Waals surface area contributed by atoms with Gasteiger partial charge in [-0.1, -0.05) is 41.9 Å². The normalized spacial score (nSPS) is 11.0. The molecule has 0 aromatic heterocycles. The van der Waals surface area contributed by atoms with E-state index in [2.05, 4.69) is 6.07 Å². The minimum absolute atomic E-state index is 0.231. The Kier molecular flexibility index (Phi) is 7.76. The number of methoxy groups -OCH3 is 1. The van der Waals surface area contributed by atoms with E-state index in [0.29, 0.717) is 22.1 Å². The van der Waals surface area contributed by atoms with E-state index in [1.54, 1.807) is 48.5 Å². The first-order chi connectivity index (χ1) is 15.8. The lowest BCUT2D eigenvalue weighted by Gasteiger charge is -2.14. The van der Waals surface area contributed by atoms with Crippen molar-refractivity contribution in [3.05, 3.63) is 87.4 Å². The molecule has 6 heteroatoms. The van der Waals surface area contributed by atoms with Crippen LogP contribution in [0.25, 0.3) is 11.6 Å². The molecule has 3 rings (SSSR count). The van der Waals surface area contributed by atoms with E-state index < -0.39 is 5.97 Å². The van der Waals surface area contributed by atoms with Gasteiger partial charge in [-0.15, -0.1) is 0 Å². The number of carbonyl (C=O) groups is 1. The number of nitriles is 1. The summed E-state index contributed by atoms with van der Waals surface area (Å²) in [5, 5.41) is 10.2. The fraction of sp³-hybridized carbons (Fsp3) is 0.185. The zero-order valence-electron chi connectivity index (χ0n) is 18.9. The monoisotopic (exact) mass is 461 g/mol. The van der Waals surface area contributed by atoms with Gasteiger partial charge in [0, 0.05) is 5.02 Å². The Morgan fingerprint density at radius 1 is 1.00 bits per heavy atom.